The summed E-state index contributed by atoms with van der Waals surface area (Å²) >= 11 is 0. The van der Waals surface area contributed by atoms with Crippen LogP contribution in [0.25, 0.3) is 0 Å². The predicted molar refractivity (Wildman–Crippen MR) is 102 cm³/mol. The highest BCUT2D eigenvalue weighted by molar-refractivity contribution is 5.92. The van der Waals surface area contributed by atoms with E-state index in [2.05, 4.69) is 10.3 Å². The molecular weight excluding hydrogens is 310 g/mol. The molecule has 2 aromatic carbocycles. The second-order valence-corrected chi connectivity index (χ2v) is 5.95. The van der Waals surface area contributed by atoms with Crippen molar-refractivity contribution in [3.63, 3.8) is 0 Å². The molecule has 25 heavy (non-hydrogen) atoms. The van der Waals surface area contributed by atoms with Gasteiger partial charge >= 0.3 is 0 Å². The average Bonchev–Trinajstić information content (AvgIpc) is 2.64. The van der Waals surface area contributed by atoms with Crippen molar-refractivity contribution in [3.05, 3.63) is 84.1 Å². The number of nitrogens with one attached hydrogen (secondary N) is 1. The molecule has 0 saturated heterocycles. The third kappa shape index (κ3) is 4.23. The van der Waals surface area contributed by atoms with Gasteiger partial charge in [0.15, 0.2) is 0 Å². The summed E-state index contributed by atoms with van der Waals surface area (Å²) in [4.78, 5) is 18.7. The lowest BCUT2D eigenvalue weighted by molar-refractivity contribution is -0.115. The molecule has 3 aromatic rings. The number of benzene rings is 2. The average molecular weight is 331 g/mol. The molecule has 0 aliphatic rings. The van der Waals surface area contributed by atoms with Gasteiger partial charge in [-0.15, -0.1) is 0 Å². The highest BCUT2D eigenvalue weighted by Gasteiger charge is 2.08. The summed E-state index contributed by atoms with van der Waals surface area (Å²) in [6.45, 7) is 2.01. The van der Waals surface area contributed by atoms with E-state index >= 15 is 0 Å². The number of carbonyl (C=O) groups is 1. The molecule has 4 heteroatoms. The molecule has 1 heterocycles. The number of pyridine rings is 1. The predicted octanol–water partition coefficient (Wildman–Crippen LogP) is 4.34. The van der Waals surface area contributed by atoms with Gasteiger partial charge in [0.2, 0.25) is 5.91 Å². The van der Waals surface area contributed by atoms with Gasteiger partial charge in [-0.25, -0.2) is 4.98 Å². The van der Waals surface area contributed by atoms with E-state index in [1.165, 1.54) is 0 Å². The van der Waals surface area contributed by atoms with Crippen LogP contribution in [0, 0.1) is 6.92 Å². The minimum Gasteiger partial charge on any atom is -0.329 e. The van der Waals surface area contributed by atoms with Crippen LogP contribution in [-0.4, -0.2) is 17.9 Å². The van der Waals surface area contributed by atoms with Gasteiger partial charge in [0.25, 0.3) is 0 Å². The molecule has 126 valence electrons. The van der Waals surface area contributed by atoms with Crippen LogP contribution in [0.5, 0.6) is 0 Å². The molecule has 0 bridgehead atoms. The second kappa shape index (κ2) is 7.62. The summed E-state index contributed by atoms with van der Waals surface area (Å²) < 4.78 is 0. The summed E-state index contributed by atoms with van der Waals surface area (Å²) in [5.74, 6) is 0.781. The van der Waals surface area contributed by atoms with Crippen molar-refractivity contribution in [2.45, 2.75) is 13.3 Å². The monoisotopic (exact) mass is 331 g/mol. The molecule has 3 rings (SSSR count). The van der Waals surface area contributed by atoms with Crippen molar-refractivity contribution in [1.82, 2.24) is 4.98 Å². The first-order valence-electron chi connectivity index (χ1n) is 8.22. The molecule has 0 spiro atoms. The molecule has 0 fully saturated rings. The Labute approximate surface area is 148 Å². The standard InChI is InChI=1S/C21H21N3O/c1-16-8-6-7-9-17(16)14-21(25)23-18-12-13-20(22-15-18)24(2)19-10-4-3-5-11-19/h3-13,15H,14H2,1-2H3,(H,23,25). The molecule has 0 aliphatic carbocycles. The molecule has 0 aliphatic heterocycles. The molecule has 0 saturated carbocycles. The Morgan fingerprint density at radius 3 is 2.40 bits per heavy atom. The maximum atomic E-state index is 12.2. The Morgan fingerprint density at radius 2 is 1.72 bits per heavy atom. The Morgan fingerprint density at radius 1 is 1.00 bits per heavy atom. The fourth-order valence-electron chi connectivity index (χ4n) is 2.63. The molecule has 1 amide bonds. The minimum atomic E-state index is -0.0414. The van der Waals surface area contributed by atoms with Crippen LogP contribution in [0.3, 0.4) is 0 Å². The van der Waals surface area contributed by atoms with Crippen LogP contribution in [0.4, 0.5) is 17.2 Å². The number of para-hydroxylation sites is 1. The first-order valence-corrected chi connectivity index (χ1v) is 8.22. The van der Waals surface area contributed by atoms with Crippen molar-refractivity contribution in [3.8, 4) is 0 Å². The van der Waals surface area contributed by atoms with E-state index in [1.54, 1.807) is 6.20 Å². The zero-order valence-electron chi connectivity index (χ0n) is 14.4. The number of aromatic nitrogens is 1. The number of carbonyl (C=O) groups excluding carboxylic acids is 1. The summed E-state index contributed by atoms with van der Waals surface area (Å²) in [6.07, 6.45) is 2.04. The lowest BCUT2D eigenvalue weighted by Crippen LogP contribution is -2.16. The molecule has 0 atom stereocenters. The van der Waals surface area contributed by atoms with Crippen molar-refractivity contribution >= 4 is 23.1 Å². The zero-order valence-corrected chi connectivity index (χ0v) is 14.4. The molecule has 1 N–H and O–H groups in total. The maximum absolute atomic E-state index is 12.2. The minimum absolute atomic E-state index is 0.0414. The van der Waals surface area contributed by atoms with Gasteiger partial charge < -0.3 is 10.2 Å². The Hall–Kier alpha value is -3.14. The van der Waals surface area contributed by atoms with Gasteiger partial charge in [0.1, 0.15) is 5.82 Å². The number of hydrogen-bond acceptors (Lipinski definition) is 3. The smallest absolute Gasteiger partial charge is 0.228 e. The van der Waals surface area contributed by atoms with Crippen molar-refractivity contribution < 1.29 is 4.79 Å². The van der Waals surface area contributed by atoms with Crippen LogP contribution in [0.2, 0.25) is 0 Å². The first-order chi connectivity index (χ1) is 12.1. The van der Waals surface area contributed by atoms with E-state index < -0.39 is 0 Å². The Kier molecular flexibility index (Phi) is 5.09. The quantitative estimate of drug-likeness (QED) is 0.756. The van der Waals surface area contributed by atoms with E-state index in [0.717, 1.165) is 22.6 Å². The van der Waals surface area contributed by atoms with E-state index in [-0.39, 0.29) is 5.91 Å². The largest absolute Gasteiger partial charge is 0.329 e. The molecule has 1 aromatic heterocycles. The van der Waals surface area contributed by atoms with Crippen molar-refractivity contribution in [2.75, 3.05) is 17.3 Å². The summed E-state index contributed by atoms with van der Waals surface area (Å²) in [5, 5.41) is 2.90. The lowest BCUT2D eigenvalue weighted by atomic mass is 10.1. The van der Waals surface area contributed by atoms with Gasteiger partial charge in [0, 0.05) is 12.7 Å². The van der Waals surface area contributed by atoms with E-state index in [1.807, 2.05) is 85.6 Å². The number of amides is 1. The fraction of sp³-hybridized carbons (Fsp3) is 0.143. The highest BCUT2D eigenvalue weighted by atomic mass is 16.1. The molecular formula is C21H21N3O. The number of rotatable bonds is 5. The summed E-state index contributed by atoms with van der Waals surface area (Å²) in [5.41, 5.74) is 3.92. The second-order valence-electron chi connectivity index (χ2n) is 5.95. The third-order valence-electron chi connectivity index (χ3n) is 4.13. The van der Waals surface area contributed by atoms with E-state index in [4.69, 9.17) is 0 Å². The van der Waals surface area contributed by atoms with Crippen LogP contribution in [0.15, 0.2) is 72.9 Å². The van der Waals surface area contributed by atoms with Gasteiger partial charge in [-0.3, -0.25) is 4.79 Å². The van der Waals surface area contributed by atoms with Gasteiger partial charge in [-0.1, -0.05) is 42.5 Å². The first kappa shape index (κ1) is 16.7. The Bertz CT molecular complexity index is 845. The van der Waals surface area contributed by atoms with Crippen LogP contribution in [0.1, 0.15) is 11.1 Å². The SMILES string of the molecule is Cc1ccccc1CC(=O)Nc1ccc(N(C)c2ccccc2)nc1. The van der Waals surface area contributed by atoms with Crippen molar-refractivity contribution in [1.29, 1.82) is 0 Å². The van der Waals surface area contributed by atoms with E-state index in [0.29, 0.717) is 12.1 Å². The number of nitrogens with zero attached hydrogens (tertiary/aromatic N) is 2. The van der Waals surface area contributed by atoms with Gasteiger partial charge in [-0.05, 0) is 42.3 Å². The molecule has 4 nitrogen and oxygen atoms in total. The highest BCUT2D eigenvalue weighted by Crippen LogP contribution is 2.22. The summed E-state index contributed by atoms with van der Waals surface area (Å²) in [7, 11) is 1.97. The van der Waals surface area contributed by atoms with Crippen molar-refractivity contribution in [2.24, 2.45) is 0 Å². The number of hydrogen-bond donors (Lipinski definition) is 1. The number of anilines is 3. The van der Waals surface area contributed by atoms with Crippen LogP contribution >= 0.6 is 0 Å². The Balaban J connectivity index is 1.64. The summed E-state index contributed by atoms with van der Waals surface area (Å²) in [6, 6.07) is 21.7. The lowest BCUT2D eigenvalue weighted by Gasteiger charge is -2.18. The van der Waals surface area contributed by atoms with Gasteiger partial charge in [-0.2, -0.15) is 0 Å². The van der Waals surface area contributed by atoms with Crippen LogP contribution < -0.4 is 10.2 Å². The molecule has 0 radical (unpaired) electrons. The third-order valence-corrected chi connectivity index (χ3v) is 4.13. The van der Waals surface area contributed by atoms with Gasteiger partial charge in [0.05, 0.1) is 18.3 Å². The van der Waals surface area contributed by atoms with E-state index in [9.17, 15) is 4.79 Å². The molecule has 0 unspecified atom stereocenters. The topological polar surface area (TPSA) is 45.2 Å². The maximum Gasteiger partial charge on any atom is 0.228 e. The fourth-order valence-corrected chi connectivity index (χ4v) is 2.63. The zero-order chi connectivity index (χ0) is 17.6. The number of aryl methyl sites for hydroxylation is 1. The van der Waals surface area contributed by atoms with Crippen LogP contribution in [-0.2, 0) is 11.2 Å². The normalized spacial score (nSPS) is 10.3.